The summed E-state index contributed by atoms with van der Waals surface area (Å²) in [5.41, 5.74) is 0.971. The SMILES string of the molecule is CCCSc1nncn1-c1ccccc1OC. The molecular formula is C12H15N3OS. The molecule has 5 heteroatoms. The van der Waals surface area contributed by atoms with Crippen molar-refractivity contribution in [3.8, 4) is 11.4 Å². The lowest BCUT2D eigenvalue weighted by atomic mass is 10.3. The van der Waals surface area contributed by atoms with Gasteiger partial charge < -0.3 is 4.74 Å². The van der Waals surface area contributed by atoms with Gasteiger partial charge in [0, 0.05) is 5.75 Å². The minimum Gasteiger partial charge on any atom is -0.495 e. The normalized spacial score (nSPS) is 10.5. The molecule has 1 aromatic carbocycles. The predicted molar refractivity (Wildman–Crippen MR) is 68.9 cm³/mol. The first-order chi connectivity index (χ1) is 8.36. The third-order valence-corrected chi connectivity index (χ3v) is 3.45. The Morgan fingerprint density at radius 1 is 1.35 bits per heavy atom. The summed E-state index contributed by atoms with van der Waals surface area (Å²) in [6.45, 7) is 2.15. The Balaban J connectivity index is 2.35. The maximum atomic E-state index is 5.34. The van der Waals surface area contributed by atoms with Crippen LogP contribution in [0.3, 0.4) is 0 Å². The van der Waals surface area contributed by atoms with Crippen molar-refractivity contribution in [1.82, 2.24) is 14.8 Å². The summed E-state index contributed by atoms with van der Waals surface area (Å²) in [5, 5.41) is 8.99. The first-order valence-corrected chi connectivity index (χ1v) is 6.51. The molecule has 2 aromatic rings. The number of benzene rings is 1. The minimum atomic E-state index is 0.825. The second-order valence-electron chi connectivity index (χ2n) is 3.50. The van der Waals surface area contributed by atoms with Gasteiger partial charge in [0.1, 0.15) is 12.1 Å². The van der Waals surface area contributed by atoms with E-state index < -0.39 is 0 Å². The van der Waals surface area contributed by atoms with Gasteiger partial charge in [-0.25, -0.2) is 0 Å². The second kappa shape index (κ2) is 5.72. The summed E-state index contributed by atoms with van der Waals surface area (Å²) in [7, 11) is 1.67. The molecule has 0 atom stereocenters. The zero-order valence-corrected chi connectivity index (χ0v) is 10.8. The first-order valence-electron chi connectivity index (χ1n) is 5.53. The molecule has 0 aliphatic heterocycles. The lowest BCUT2D eigenvalue weighted by Crippen LogP contribution is -1.98. The van der Waals surface area contributed by atoms with Crippen LogP contribution in [0.4, 0.5) is 0 Å². The highest BCUT2D eigenvalue weighted by molar-refractivity contribution is 7.99. The van der Waals surface area contributed by atoms with Gasteiger partial charge in [-0.15, -0.1) is 10.2 Å². The first kappa shape index (κ1) is 12.0. The van der Waals surface area contributed by atoms with Crippen LogP contribution in [0.5, 0.6) is 5.75 Å². The number of para-hydroxylation sites is 2. The van der Waals surface area contributed by atoms with E-state index in [-0.39, 0.29) is 0 Å². The molecule has 1 heterocycles. The van der Waals surface area contributed by atoms with Gasteiger partial charge in [-0.1, -0.05) is 30.8 Å². The molecule has 1 aromatic heterocycles. The summed E-state index contributed by atoms with van der Waals surface area (Å²) < 4.78 is 7.30. The van der Waals surface area contributed by atoms with Gasteiger partial charge >= 0.3 is 0 Å². The van der Waals surface area contributed by atoms with Gasteiger partial charge in [0.2, 0.25) is 0 Å². The molecule has 0 saturated carbocycles. The fraction of sp³-hybridized carbons (Fsp3) is 0.333. The van der Waals surface area contributed by atoms with Crippen molar-refractivity contribution >= 4 is 11.8 Å². The molecule has 0 saturated heterocycles. The van der Waals surface area contributed by atoms with Gasteiger partial charge in [0.25, 0.3) is 0 Å². The highest BCUT2D eigenvalue weighted by Gasteiger charge is 2.10. The molecule has 0 fully saturated rings. The molecule has 0 unspecified atom stereocenters. The van der Waals surface area contributed by atoms with Gasteiger partial charge in [-0.2, -0.15) is 0 Å². The molecule has 0 spiro atoms. The minimum absolute atomic E-state index is 0.825. The molecule has 0 radical (unpaired) electrons. The lowest BCUT2D eigenvalue weighted by Gasteiger charge is -2.10. The smallest absolute Gasteiger partial charge is 0.195 e. The Hall–Kier alpha value is -1.49. The number of aromatic nitrogens is 3. The number of thioether (sulfide) groups is 1. The van der Waals surface area contributed by atoms with Crippen LogP contribution >= 0.6 is 11.8 Å². The molecule has 0 bridgehead atoms. The molecule has 17 heavy (non-hydrogen) atoms. The average molecular weight is 249 g/mol. The molecule has 4 nitrogen and oxygen atoms in total. The van der Waals surface area contributed by atoms with E-state index in [0.29, 0.717) is 0 Å². The molecule has 0 aliphatic carbocycles. The quantitative estimate of drug-likeness (QED) is 0.764. The van der Waals surface area contributed by atoms with Crippen LogP contribution in [-0.2, 0) is 0 Å². The highest BCUT2D eigenvalue weighted by Crippen LogP contribution is 2.26. The lowest BCUT2D eigenvalue weighted by molar-refractivity contribution is 0.412. The van der Waals surface area contributed by atoms with Crippen LogP contribution in [-0.4, -0.2) is 27.6 Å². The van der Waals surface area contributed by atoms with Crippen molar-refractivity contribution in [3.63, 3.8) is 0 Å². The molecule has 2 rings (SSSR count). The Morgan fingerprint density at radius 3 is 2.94 bits per heavy atom. The van der Waals surface area contributed by atoms with Crippen LogP contribution in [0.25, 0.3) is 5.69 Å². The summed E-state index contributed by atoms with van der Waals surface area (Å²) in [5.74, 6) is 1.86. The van der Waals surface area contributed by atoms with Crippen molar-refractivity contribution < 1.29 is 4.74 Å². The maximum absolute atomic E-state index is 5.34. The molecule has 0 aliphatic rings. The van der Waals surface area contributed by atoms with E-state index in [1.54, 1.807) is 25.2 Å². The van der Waals surface area contributed by atoms with Gasteiger partial charge in [0.05, 0.1) is 12.8 Å². The van der Waals surface area contributed by atoms with Crippen LogP contribution < -0.4 is 4.74 Å². The van der Waals surface area contributed by atoms with Gasteiger partial charge in [-0.3, -0.25) is 4.57 Å². The van der Waals surface area contributed by atoms with Crippen molar-refractivity contribution in [1.29, 1.82) is 0 Å². The van der Waals surface area contributed by atoms with E-state index in [1.807, 2.05) is 28.8 Å². The Labute approximate surface area is 105 Å². The maximum Gasteiger partial charge on any atom is 0.195 e. The van der Waals surface area contributed by atoms with Crippen LogP contribution in [0.15, 0.2) is 35.7 Å². The topological polar surface area (TPSA) is 39.9 Å². The Bertz CT molecular complexity index is 484. The highest BCUT2D eigenvalue weighted by atomic mass is 32.2. The van der Waals surface area contributed by atoms with E-state index in [4.69, 9.17) is 4.74 Å². The fourth-order valence-electron chi connectivity index (χ4n) is 1.51. The van der Waals surface area contributed by atoms with Gasteiger partial charge in [0.15, 0.2) is 5.16 Å². The number of nitrogens with zero attached hydrogens (tertiary/aromatic N) is 3. The summed E-state index contributed by atoms with van der Waals surface area (Å²) in [6.07, 6.45) is 2.83. The molecular weight excluding hydrogens is 234 g/mol. The third kappa shape index (κ3) is 2.61. The van der Waals surface area contributed by atoms with E-state index in [0.717, 1.165) is 28.8 Å². The summed E-state index contributed by atoms with van der Waals surface area (Å²) in [4.78, 5) is 0. The largest absolute Gasteiger partial charge is 0.495 e. The predicted octanol–water partition coefficient (Wildman–Crippen LogP) is 2.78. The number of hydrogen-bond acceptors (Lipinski definition) is 4. The zero-order valence-electron chi connectivity index (χ0n) is 9.96. The van der Waals surface area contributed by atoms with Crippen molar-refractivity contribution in [2.24, 2.45) is 0 Å². The zero-order chi connectivity index (χ0) is 12.1. The Morgan fingerprint density at radius 2 is 2.18 bits per heavy atom. The number of hydrogen-bond donors (Lipinski definition) is 0. The van der Waals surface area contributed by atoms with Crippen molar-refractivity contribution in [2.45, 2.75) is 18.5 Å². The monoisotopic (exact) mass is 249 g/mol. The molecule has 0 amide bonds. The second-order valence-corrected chi connectivity index (χ2v) is 4.57. The van der Waals surface area contributed by atoms with Crippen LogP contribution in [0.2, 0.25) is 0 Å². The standard InChI is InChI=1S/C12H15N3OS/c1-3-8-17-12-14-13-9-15(12)10-6-4-5-7-11(10)16-2/h4-7,9H,3,8H2,1-2H3. The van der Waals surface area contributed by atoms with Gasteiger partial charge in [-0.05, 0) is 18.6 Å². The van der Waals surface area contributed by atoms with E-state index in [1.165, 1.54) is 0 Å². The number of ether oxygens (including phenoxy) is 1. The van der Waals surface area contributed by atoms with Crippen molar-refractivity contribution in [3.05, 3.63) is 30.6 Å². The summed E-state index contributed by atoms with van der Waals surface area (Å²) in [6, 6.07) is 7.86. The average Bonchev–Trinajstić information content (AvgIpc) is 2.84. The van der Waals surface area contributed by atoms with E-state index in [2.05, 4.69) is 17.1 Å². The number of methoxy groups -OCH3 is 1. The fourth-order valence-corrected chi connectivity index (χ4v) is 2.29. The molecule has 90 valence electrons. The van der Waals surface area contributed by atoms with Crippen LogP contribution in [0.1, 0.15) is 13.3 Å². The van der Waals surface area contributed by atoms with E-state index >= 15 is 0 Å². The third-order valence-electron chi connectivity index (χ3n) is 2.30. The Kier molecular flexibility index (Phi) is 4.03. The molecule has 0 N–H and O–H groups in total. The number of rotatable bonds is 5. The van der Waals surface area contributed by atoms with E-state index in [9.17, 15) is 0 Å². The van der Waals surface area contributed by atoms with Crippen LogP contribution in [0, 0.1) is 0 Å². The summed E-state index contributed by atoms with van der Waals surface area (Å²) >= 11 is 1.70. The van der Waals surface area contributed by atoms with Crippen molar-refractivity contribution in [2.75, 3.05) is 12.9 Å².